The molecule has 0 saturated heterocycles. The molecule has 102 valence electrons. The Morgan fingerprint density at radius 2 is 1.76 bits per heavy atom. The average molecular weight is 275 g/mol. The predicted octanol–water partition coefficient (Wildman–Crippen LogP) is 3.56. The van der Waals surface area contributed by atoms with Crippen molar-refractivity contribution in [3.8, 4) is 16.9 Å². The summed E-state index contributed by atoms with van der Waals surface area (Å²) in [6.45, 7) is 0. The largest absolute Gasteiger partial charge is 0.497 e. The molecular weight excluding hydrogens is 262 g/mol. The van der Waals surface area contributed by atoms with Crippen LogP contribution >= 0.6 is 0 Å². The summed E-state index contributed by atoms with van der Waals surface area (Å²) in [6.07, 6.45) is 3.88. The van der Waals surface area contributed by atoms with Crippen LogP contribution in [-0.4, -0.2) is 21.7 Å². The van der Waals surface area contributed by atoms with Crippen LogP contribution in [-0.2, 0) is 0 Å². The molecule has 2 aromatic carbocycles. The van der Waals surface area contributed by atoms with Crippen LogP contribution < -0.4 is 4.74 Å². The van der Waals surface area contributed by atoms with Crippen molar-refractivity contribution in [1.29, 1.82) is 0 Å². The highest BCUT2D eigenvalue weighted by atomic mass is 16.5. The molecule has 4 nitrogen and oxygen atoms in total. The molecule has 0 aliphatic rings. The Morgan fingerprint density at radius 3 is 2.57 bits per heavy atom. The molecule has 0 bridgehead atoms. The zero-order chi connectivity index (χ0) is 14.2. The minimum absolute atomic E-state index is 0.845. The molecule has 2 aromatic heterocycles. The van der Waals surface area contributed by atoms with Gasteiger partial charge in [0.05, 0.1) is 12.6 Å². The van der Waals surface area contributed by atoms with Crippen LogP contribution in [0.5, 0.6) is 5.75 Å². The fraction of sp³-hybridized carbons (Fsp3) is 0.0588. The van der Waals surface area contributed by atoms with Crippen molar-refractivity contribution in [3.63, 3.8) is 0 Å². The lowest BCUT2D eigenvalue weighted by atomic mass is 10.1. The molecule has 21 heavy (non-hydrogen) atoms. The summed E-state index contributed by atoms with van der Waals surface area (Å²) in [5, 5.41) is 5.63. The van der Waals surface area contributed by atoms with E-state index in [1.807, 2.05) is 65.4 Å². The number of rotatable bonds is 2. The normalized spacial score (nSPS) is 11.1. The van der Waals surface area contributed by atoms with Gasteiger partial charge in [0.2, 0.25) is 0 Å². The molecule has 0 unspecified atom stereocenters. The van der Waals surface area contributed by atoms with Crippen LogP contribution in [0, 0.1) is 0 Å². The van der Waals surface area contributed by atoms with Crippen molar-refractivity contribution in [2.45, 2.75) is 0 Å². The third kappa shape index (κ3) is 1.92. The summed E-state index contributed by atoms with van der Waals surface area (Å²) in [5.41, 5.74) is 3.95. The number of methoxy groups -OCH3 is 1. The SMILES string of the molecule is COc1ccc(-c2cnc3c4ccccc4nn3c2)cc1. The number of benzene rings is 2. The van der Waals surface area contributed by atoms with Crippen LogP contribution in [0.1, 0.15) is 0 Å². The smallest absolute Gasteiger partial charge is 0.162 e. The summed E-state index contributed by atoms with van der Waals surface area (Å²) in [6, 6.07) is 15.9. The van der Waals surface area contributed by atoms with E-state index in [1.54, 1.807) is 7.11 Å². The highest BCUT2D eigenvalue weighted by Crippen LogP contribution is 2.24. The van der Waals surface area contributed by atoms with Gasteiger partial charge in [0.25, 0.3) is 0 Å². The maximum atomic E-state index is 5.18. The van der Waals surface area contributed by atoms with E-state index in [0.717, 1.165) is 33.4 Å². The third-order valence-corrected chi connectivity index (χ3v) is 3.59. The Kier molecular flexibility index (Phi) is 2.60. The molecular formula is C17H13N3O. The van der Waals surface area contributed by atoms with Gasteiger partial charge in [0.1, 0.15) is 5.75 Å². The van der Waals surface area contributed by atoms with Crippen LogP contribution in [0.15, 0.2) is 60.9 Å². The zero-order valence-electron chi connectivity index (χ0n) is 11.5. The van der Waals surface area contributed by atoms with E-state index in [4.69, 9.17) is 4.74 Å². The molecule has 4 rings (SSSR count). The molecule has 2 heterocycles. The predicted molar refractivity (Wildman–Crippen MR) is 82.5 cm³/mol. The molecule has 0 radical (unpaired) electrons. The van der Waals surface area contributed by atoms with Gasteiger partial charge in [-0.15, -0.1) is 0 Å². The fourth-order valence-corrected chi connectivity index (χ4v) is 2.48. The van der Waals surface area contributed by atoms with E-state index in [9.17, 15) is 0 Å². The van der Waals surface area contributed by atoms with E-state index < -0.39 is 0 Å². The molecule has 0 saturated carbocycles. The Hall–Kier alpha value is -2.88. The number of fused-ring (bicyclic) bond motifs is 3. The number of hydrogen-bond acceptors (Lipinski definition) is 3. The standard InChI is InChI=1S/C17H13N3O/c1-21-14-8-6-12(7-9-14)13-10-18-17-15-4-2-3-5-16(15)19-20(17)11-13/h2-11H,1H3. The summed E-state index contributed by atoms with van der Waals surface area (Å²) in [5.74, 6) is 0.845. The van der Waals surface area contributed by atoms with Crippen LogP contribution in [0.4, 0.5) is 0 Å². The highest BCUT2D eigenvalue weighted by Gasteiger charge is 2.07. The van der Waals surface area contributed by atoms with Gasteiger partial charge in [-0.05, 0) is 29.8 Å². The molecule has 0 fully saturated rings. The van der Waals surface area contributed by atoms with Gasteiger partial charge < -0.3 is 4.74 Å². The van der Waals surface area contributed by atoms with Crippen LogP contribution in [0.3, 0.4) is 0 Å². The monoisotopic (exact) mass is 275 g/mol. The second kappa shape index (κ2) is 4.59. The van der Waals surface area contributed by atoms with E-state index in [0.29, 0.717) is 0 Å². The van der Waals surface area contributed by atoms with Crippen molar-refractivity contribution in [2.24, 2.45) is 0 Å². The number of ether oxygens (including phenoxy) is 1. The Balaban J connectivity index is 1.87. The first-order chi connectivity index (χ1) is 10.3. The molecule has 0 aliphatic heterocycles. The first-order valence-electron chi connectivity index (χ1n) is 6.73. The number of aromatic nitrogens is 3. The zero-order valence-corrected chi connectivity index (χ0v) is 11.5. The van der Waals surface area contributed by atoms with Gasteiger partial charge in [-0.1, -0.05) is 24.3 Å². The van der Waals surface area contributed by atoms with Crippen molar-refractivity contribution >= 4 is 16.6 Å². The second-order valence-electron chi connectivity index (χ2n) is 4.86. The third-order valence-electron chi connectivity index (χ3n) is 3.59. The molecule has 0 aliphatic carbocycles. The minimum Gasteiger partial charge on any atom is -0.497 e. The van der Waals surface area contributed by atoms with Crippen LogP contribution in [0.25, 0.3) is 27.7 Å². The van der Waals surface area contributed by atoms with Crippen molar-refractivity contribution in [1.82, 2.24) is 14.6 Å². The summed E-state index contributed by atoms with van der Waals surface area (Å²) in [4.78, 5) is 4.56. The topological polar surface area (TPSA) is 39.4 Å². The Bertz CT molecular complexity index is 926. The second-order valence-corrected chi connectivity index (χ2v) is 4.86. The summed E-state index contributed by atoms with van der Waals surface area (Å²) >= 11 is 0. The van der Waals surface area contributed by atoms with Gasteiger partial charge in [-0.25, -0.2) is 9.50 Å². The van der Waals surface area contributed by atoms with Gasteiger partial charge in [0.15, 0.2) is 5.65 Å². The summed E-state index contributed by atoms with van der Waals surface area (Å²) in [7, 11) is 1.66. The van der Waals surface area contributed by atoms with E-state index in [-0.39, 0.29) is 0 Å². The minimum atomic E-state index is 0.845. The van der Waals surface area contributed by atoms with E-state index in [2.05, 4.69) is 10.1 Å². The lowest BCUT2D eigenvalue weighted by Crippen LogP contribution is -1.91. The van der Waals surface area contributed by atoms with Gasteiger partial charge >= 0.3 is 0 Å². The molecule has 0 N–H and O–H groups in total. The quantitative estimate of drug-likeness (QED) is 0.561. The van der Waals surface area contributed by atoms with Crippen molar-refractivity contribution in [3.05, 3.63) is 60.9 Å². The number of hydrogen-bond donors (Lipinski definition) is 0. The van der Waals surface area contributed by atoms with Crippen molar-refractivity contribution < 1.29 is 4.74 Å². The molecule has 0 amide bonds. The van der Waals surface area contributed by atoms with E-state index >= 15 is 0 Å². The van der Waals surface area contributed by atoms with E-state index in [1.165, 1.54) is 0 Å². The first kappa shape index (κ1) is 11.9. The fourth-order valence-electron chi connectivity index (χ4n) is 2.48. The lowest BCUT2D eigenvalue weighted by Gasteiger charge is -2.04. The molecule has 4 aromatic rings. The molecule has 0 spiro atoms. The van der Waals surface area contributed by atoms with Gasteiger partial charge in [-0.2, -0.15) is 5.10 Å². The lowest BCUT2D eigenvalue weighted by molar-refractivity contribution is 0.415. The summed E-state index contributed by atoms with van der Waals surface area (Å²) < 4.78 is 7.02. The Labute approximate surface area is 121 Å². The highest BCUT2D eigenvalue weighted by molar-refractivity contribution is 5.92. The number of nitrogens with zero attached hydrogens (tertiary/aromatic N) is 3. The molecule has 4 heteroatoms. The first-order valence-corrected chi connectivity index (χ1v) is 6.73. The maximum Gasteiger partial charge on any atom is 0.162 e. The van der Waals surface area contributed by atoms with Gasteiger partial charge in [-0.3, -0.25) is 0 Å². The van der Waals surface area contributed by atoms with Crippen LogP contribution in [0.2, 0.25) is 0 Å². The maximum absolute atomic E-state index is 5.18. The molecule has 0 atom stereocenters. The van der Waals surface area contributed by atoms with Crippen molar-refractivity contribution in [2.75, 3.05) is 7.11 Å². The Morgan fingerprint density at radius 1 is 0.952 bits per heavy atom. The average Bonchev–Trinajstić information content (AvgIpc) is 2.92. The van der Waals surface area contributed by atoms with Gasteiger partial charge in [0, 0.05) is 23.3 Å².